The molecule has 0 unspecified atom stereocenters. The van der Waals surface area contributed by atoms with Gasteiger partial charge in [-0.2, -0.15) is 17.4 Å². The lowest BCUT2D eigenvalue weighted by molar-refractivity contribution is -0.140. The molecule has 0 radical (unpaired) electrons. The van der Waals surface area contributed by atoms with Crippen LogP contribution in [0.1, 0.15) is 32.1 Å². The van der Waals surface area contributed by atoms with Crippen molar-refractivity contribution < 1.29 is 17.9 Å². The third-order valence-corrected chi connectivity index (χ3v) is 4.57. The van der Waals surface area contributed by atoms with Crippen LogP contribution in [0.15, 0.2) is 0 Å². The van der Waals surface area contributed by atoms with E-state index in [0.717, 1.165) is 30.0 Å². The Kier molecular flexibility index (Phi) is 5.35. The Morgan fingerprint density at radius 2 is 2.00 bits per heavy atom. The lowest BCUT2D eigenvalue weighted by Gasteiger charge is -2.20. The summed E-state index contributed by atoms with van der Waals surface area (Å²) in [6.07, 6.45) is 3.99. The van der Waals surface area contributed by atoms with E-state index in [4.69, 9.17) is 0 Å². The van der Waals surface area contributed by atoms with Crippen LogP contribution in [0.25, 0.3) is 0 Å². The highest BCUT2D eigenvalue weighted by molar-refractivity contribution is 7.87. The molecule has 0 spiro atoms. The fourth-order valence-electron chi connectivity index (χ4n) is 1.82. The van der Waals surface area contributed by atoms with Gasteiger partial charge in [0.05, 0.1) is 13.5 Å². The van der Waals surface area contributed by atoms with Crippen molar-refractivity contribution in [1.82, 2.24) is 9.03 Å². The van der Waals surface area contributed by atoms with E-state index in [1.165, 1.54) is 14.2 Å². The number of ether oxygens (including phenoxy) is 1. The van der Waals surface area contributed by atoms with Gasteiger partial charge in [0.2, 0.25) is 0 Å². The van der Waals surface area contributed by atoms with E-state index >= 15 is 0 Å². The molecule has 1 saturated carbocycles. The molecule has 1 fully saturated rings. The third-order valence-electron chi connectivity index (χ3n) is 2.94. The number of methoxy groups -OCH3 is 1. The number of carbonyl (C=O) groups is 1. The second-order valence-electron chi connectivity index (χ2n) is 4.25. The van der Waals surface area contributed by atoms with Crippen LogP contribution in [0.4, 0.5) is 0 Å². The summed E-state index contributed by atoms with van der Waals surface area (Å²) in [5.74, 6) is -0.409. The first-order valence-electron chi connectivity index (χ1n) is 5.76. The van der Waals surface area contributed by atoms with Crippen molar-refractivity contribution in [2.75, 3.05) is 20.7 Å². The molecule has 7 heteroatoms. The molecule has 6 nitrogen and oxygen atoms in total. The van der Waals surface area contributed by atoms with Gasteiger partial charge in [0, 0.05) is 19.6 Å². The Hall–Kier alpha value is -0.660. The zero-order valence-corrected chi connectivity index (χ0v) is 11.1. The number of esters is 1. The summed E-state index contributed by atoms with van der Waals surface area (Å²) in [4.78, 5) is 10.9. The molecule has 0 aromatic carbocycles. The summed E-state index contributed by atoms with van der Waals surface area (Å²) < 4.78 is 32.0. The van der Waals surface area contributed by atoms with Crippen LogP contribution < -0.4 is 4.72 Å². The zero-order valence-electron chi connectivity index (χ0n) is 10.3. The predicted octanol–water partition coefficient (Wildman–Crippen LogP) is 0.258. The van der Waals surface area contributed by atoms with Gasteiger partial charge in [-0.25, -0.2) is 0 Å². The lowest BCUT2D eigenvalue weighted by Crippen LogP contribution is -2.43. The second-order valence-corrected chi connectivity index (χ2v) is 6.06. The Labute approximate surface area is 102 Å². The van der Waals surface area contributed by atoms with E-state index in [2.05, 4.69) is 9.46 Å². The van der Waals surface area contributed by atoms with Gasteiger partial charge >= 0.3 is 5.97 Å². The first-order valence-corrected chi connectivity index (χ1v) is 7.20. The molecule has 1 N–H and O–H groups in total. The highest BCUT2D eigenvalue weighted by Crippen LogP contribution is 2.18. The van der Waals surface area contributed by atoms with E-state index in [9.17, 15) is 13.2 Å². The van der Waals surface area contributed by atoms with Gasteiger partial charge in [-0.1, -0.05) is 12.8 Å². The van der Waals surface area contributed by atoms with Gasteiger partial charge in [-0.3, -0.25) is 4.79 Å². The minimum absolute atomic E-state index is 0.0422. The van der Waals surface area contributed by atoms with Crippen molar-refractivity contribution in [1.29, 1.82) is 0 Å². The fourth-order valence-corrected chi connectivity index (χ4v) is 2.98. The number of hydrogen-bond donors (Lipinski definition) is 1. The summed E-state index contributed by atoms with van der Waals surface area (Å²) in [6, 6.07) is 0.0422. The normalized spacial score (nSPS) is 17.6. The lowest BCUT2D eigenvalue weighted by atomic mass is 10.3. The largest absolute Gasteiger partial charge is 0.469 e. The molecule has 0 aromatic rings. The summed E-state index contributed by atoms with van der Waals surface area (Å²) >= 11 is 0. The average molecular weight is 264 g/mol. The number of hydrogen-bond acceptors (Lipinski definition) is 4. The molecule has 0 aromatic heterocycles. The SMILES string of the molecule is COC(=O)CCN(C)S(=O)(=O)NC1CCCC1. The maximum atomic E-state index is 11.9. The smallest absolute Gasteiger partial charge is 0.306 e. The Morgan fingerprint density at radius 1 is 1.41 bits per heavy atom. The van der Waals surface area contributed by atoms with Crippen molar-refractivity contribution in [2.24, 2.45) is 0 Å². The first kappa shape index (κ1) is 14.4. The molecule has 1 rings (SSSR count). The Morgan fingerprint density at radius 3 is 2.53 bits per heavy atom. The van der Waals surface area contributed by atoms with Crippen molar-refractivity contribution in [3.05, 3.63) is 0 Å². The van der Waals surface area contributed by atoms with Crippen molar-refractivity contribution in [2.45, 2.75) is 38.1 Å². The van der Waals surface area contributed by atoms with E-state index in [0.29, 0.717) is 0 Å². The monoisotopic (exact) mass is 264 g/mol. The van der Waals surface area contributed by atoms with Gasteiger partial charge < -0.3 is 4.74 Å². The highest BCUT2D eigenvalue weighted by atomic mass is 32.2. The first-order chi connectivity index (χ1) is 7.95. The molecule has 100 valence electrons. The van der Waals surface area contributed by atoms with Crippen molar-refractivity contribution in [3.63, 3.8) is 0 Å². The van der Waals surface area contributed by atoms with Gasteiger partial charge in [-0.15, -0.1) is 0 Å². The second kappa shape index (κ2) is 6.32. The van der Waals surface area contributed by atoms with Crippen molar-refractivity contribution in [3.8, 4) is 0 Å². The molecule has 0 saturated heterocycles. The summed E-state index contributed by atoms with van der Waals surface area (Å²) in [7, 11) is -0.728. The Balaban J connectivity index is 2.42. The molecule has 1 aliphatic rings. The number of nitrogens with one attached hydrogen (secondary N) is 1. The quantitative estimate of drug-likeness (QED) is 0.698. The maximum absolute atomic E-state index is 11.9. The molecular formula is C10H20N2O4S. The van der Waals surface area contributed by atoms with Gasteiger partial charge in [0.1, 0.15) is 0 Å². The van der Waals surface area contributed by atoms with E-state index < -0.39 is 16.2 Å². The molecule has 0 bridgehead atoms. The third kappa shape index (κ3) is 4.61. The highest BCUT2D eigenvalue weighted by Gasteiger charge is 2.24. The van der Waals surface area contributed by atoms with Crippen molar-refractivity contribution >= 4 is 16.2 Å². The van der Waals surface area contributed by atoms with Crippen LogP contribution in [0.2, 0.25) is 0 Å². The Bertz CT molecular complexity index is 349. The minimum atomic E-state index is -3.47. The van der Waals surface area contributed by atoms with Crippen LogP contribution in [0.3, 0.4) is 0 Å². The van der Waals surface area contributed by atoms with Crippen LogP contribution in [-0.2, 0) is 19.7 Å². The van der Waals surface area contributed by atoms with Gasteiger partial charge in [0.15, 0.2) is 0 Å². The topological polar surface area (TPSA) is 75.7 Å². The minimum Gasteiger partial charge on any atom is -0.469 e. The number of carbonyl (C=O) groups excluding carboxylic acids is 1. The van der Waals surface area contributed by atoms with Gasteiger partial charge in [-0.05, 0) is 12.8 Å². The molecule has 0 heterocycles. The molecular weight excluding hydrogens is 244 g/mol. The molecule has 17 heavy (non-hydrogen) atoms. The molecule has 0 amide bonds. The average Bonchev–Trinajstić information content (AvgIpc) is 2.77. The van der Waals surface area contributed by atoms with E-state index in [-0.39, 0.29) is 19.0 Å². The maximum Gasteiger partial charge on any atom is 0.306 e. The standard InChI is InChI=1S/C10H20N2O4S/c1-12(8-7-10(13)16-2)17(14,15)11-9-5-3-4-6-9/h9,11H,3-8H2,1-2H3. The number of nitrogens with zero attached hydrogens (tertiary/aromatic N) is 1. The number of rotatable bonds is 6. The predicted molar refractivity (Wildman–Crippen MR) is 63.6 cm³/mol. The zero-order chi connectivity index (χ0) is 12.9. The van der Waals surface area contributed by atoms with Crippen LogP contribution in [-0.4, -0.2) is 45.4 Å². The summed E-state index contributed by atoms with van der Waals surface area (Å²) in [6.45, 7) is 0.134. The fraction of sp³-hybridized carbons (Fsp3) is 0.900. The summed E-state index contributed by atoms with van der Waals surface area (Å²) in [5.41, 5.74) is 0. The van der Waals surface area contributed by atoms with E-state index in [1.54, 1.807) is 0 Å². The van der Waals surface area contributed by atoms with Crippen LogP contribution >= 0.6 is 0 Å². The van der Waals surface area contributed by atoms with E-state index in [1.807, 2.05) is 0 Å². The molecule has 0 aliphatic heterocycles. The summed E-state index contributed by atoms with van der Waals surface area (Å²) in [5, 5.41) is 0. The molecule has 0 atom stereocenters. The van der Waals surface area contributed by atoms with Gasteiger partial charge in [0.25, 0.3) is 10.2 Å². The van der Waals surface area contributed by atoms with Crippen LogP contribution in [0, 0.1) is 0 Å². The molecule has 1 aliphatic carbocycles. The van der Waals surface area contributed by atoms with Crippen LogP contribution in [0.5, 0.6) is 0 Å².